The van der Waals surface area contributed by atoms with Crippen LogP contribution in [0.15, 0.2) is 28.6 Å². The summed E-state index contributed by atoms with van der Waals surface area (Å²) in [5.74, 6) is 0.0260. The smallest absolute Gasteiger partial charge is 0.318 e. The van der Waals surface area contributed by atoms with E-state index in [1.807, 2.05) is 17.4 Å². The molecule has 0 spiro atoms. The molecular weight excluding hydrogens is 346 g/mol. The van der Waals surface area contributed by atoms with Crippen LogP contribution >= 0.6 is 23.1 Å². The highest BCUT2D eigenvalue weighted by atomic mass is 32.2. The standard InChI is InChI=1S/C15H19N5O2S2/c1-8(2)10-4-6-11(7-5-10)17-14-19-20-15(24-14)23-9(3)12(21)18-13(16)22/h4-9H,1-3H3,(H,17,19)(H3,16,18,21,22)/t9-/m1/s1. The van der Waals surface area contributed by atoms with Gasteiger partial charge in [0.15, 0.2) is 4.34 Å². The number of carbonyl (C=O) groups is 2. The lowest BCUT2D eigenvalue weighted by Gasteiger charge is -2.07. The van der Waals surface area contributed by atoms with E-state index in [1.165, 1.54) is 28.7 Å². The normalized spacial score (nSPS) is 12.0. The predicted octanol–water partition coefficient (Wildman–Crippen LogP) is 3.08. The zero-order chi connectivity index (χ0) is 17.7. The zero-order valence-corrected chi connectivity index (χ0v) is 15.2. The van der Waals surface area contributed by atoms with E-state index in [1.54, 1.807) is 6.92 Å². The van der Waals surface area contributed by atoms with Crippen LogP contribution in [0, 0.1) is 0 Å². The average Bonchev–Trinajstić information content (AvgIpc) is 2.94. The van der Waals surface area contributed by atoms with E-state index in [9.17, 15) is 9.59 Å². The number of urea groups is 1. The van der Waals surface area contributed by atoms with Crippen molar-refractivity contribution < 1.29 is 9.59 Å². The van der Waals surface area contributed by atoms with Gasteiger partial charge in [0.05, 0.1) is 5.25 Å². The van der Waals surface area contributed by atoms with Crippen molar-refractivity contribution in [3.8, 4) is 0 Å². The molecule has 0 saturated carbocycles. The summed E-state index contributed by atoms with van der Waals surface area (Å²) in [4.78, 5) is 22.3. The molecule has 7 nitrogen and oxygen atoms in total. The summed E-state index contributed by atoms with van der Waals surface area (Å²) in [5, 5.41) is 13.5. The lowest BCUT2D eigenvalue weighted by Crippen LogP contribution is -2.39. The number of amides is 3. The third-order valence-electron chi connectivity index (χ3n) is 3.13. The average molecular weight is 365 g/mol. The van der Waals surface area contributed by atoms with Crippen LogP contribution in [-0.4, -0.2) is 27.4 Å². The van der Waals surface area contributed by atoms with Gasteiger partial charge in [0.2, 0.25) is 11.0 Å². The first kappa shape index (κ1) is 18.2. The molecule has 3 amide bonds. The van der Waals surface area contributed by atoms with Gasteiger partial charge in [-0.3, -0.25) is 10.1 Å². The monoisotopic (exact) mass is 365 g/mol. The Balaban J connectivity index is 1.95. The number of primary amides is 1. The number of carbonyl (C=O) groups excluding carboxylic acids is 2. The van der Waals surface area contributed by atoms with Crippen molar-refractivity contribution in [2.24, 2.45) is 5.73 Å². The SMILES string of the molecule is CC(C)c1ccc(Nc2nnc(S[C@H](C)C(=O)NC(N)=O)s2)cc1. The molecular formula is C15H19N5O2S2. The molecule has 0 bridgehead atoms. The molecule has 0 aliphatic rings. The highest BCUT2D eigenvalue weighted by Gasteiger charge is 2.18. The minimum absolute atomic E-state index is 0.457. The summed E-state index contributed by atoms with van der Waals surface area (Å²) < 4.78 is 0.628. The Hall–Kier alpha value is -2.13. The zero-order valence-electron chi connectivity index (χ0n) is 13.6. The van der Waals surface area contributed by atoms with E-state index in [0.717, 1.165) is 5.69 Å². The number of nitrogens with zero attached hydrogens (tertiary/aromatic N) is 2. The molecule has 1 heterocycles. The maximum atomic E-state index is 11.7. The highest BCUT2D eigenvalue weighted by molar-refractivity contribution is 8.02. The summed E-state index contributed by atoms with van der Waals surface area (Å²) in [6.45, 7) is 5.96. The molecule has 1 aromatic carbocycles. The molecule has 9 heteroatoms. The lowest BCUT2D eigenvalue weighted by atomic mass is 10.0. The van der Waals surface area contributed by atoms with Gasteiger partial charge >= 0.3 is 6.03 Å². The van der Waals surface area contributed by atoms with Gasteiger partial charge in [-0.25, -0.2) is 4.79 Å². The van der Waals surface area contributed by atoms with Gasteiger partial charge in [-0.15, -0.1) is 10.2 Å². The van der Waals surface area contributed by atoms with Crippen molar-refractivity contribution in [2.45, 2.75) is 36.3 Å². The number of hydrogen-bond donors (Lipinski definition) is 3. The summed E-state index contributed by atoms with van der Waals surface area (Å²) in [6, 6.07) is 7.26. The molecule has 2 rings (SSSR count). The Morgan fingerprint density at radius 1 is 1.17 bits per heavy atom. The molecule has 4 N–H and O–H groups in total. The molecule has 1 atom stereocenters. The lowest BCUT2D eigenvalue weighted by molar-refractivity contribution is -0.119. The molecule has 2 aromatic rings. The van der Waals surface area contributed by atoms with Crippen LogP contribution in [0.3, 0.4) is 0 Å². The summed E-state index contributed by atoms with van der Waals surface area (Å²) in [7, 11) is 0. The van der Waals surface area contributed by atoms with E-state index < -0.39 is 17.2 Å². The number of nitrogens with one attached hydrogen (secondary N) is 2. The van der Waals surface area contributed by atoms with Gasteiger partial charge in [-0.1, -0.05) is 49.1 Å². The molecule has 0 aliphatic heterocycles. The topological polar surface area (TPSA) is 110 Å². The van der Waals surface area contributed by atoms with E-state index >= 15 is 0 Å². The third-order valence-corrected chi connectivity index (χ3v) is 5.15. The first-order valence-corrected chi connectivity index (χ1v) is 9.02. The van der Waals surface area contributed by atoms with Crippen molar-refractivity contribution in [1.29, 1.82) is 0 Å². The molecule has 24 heavy (non-hydrogen) atoms. The minimum atomic E-state index is -0.864. The fourth-order valence-electron chi connectivity index (χ4n) is 1.81. The van der Waals surface area contributed by atoms with Crippen LogP contribution in [0.1, 0.15) is 32.3 Å². The summed E-state index contributed by atoms with van der Waals surface area (Å²) in [5.41, 5.74) is 7.12. The fraction of sp³-hybridized carbons (Fsp3) is 0.333. The van der Waals surface area contributed by atoms with Gasteiger partial charge in [0.25, 0.3) is 0 Å². The van der Waals surface area contributed by atoms with Crippen LogP contribution in [0.5, 0.6) is 0 Å². The van der Waals surface area contributed by atoms with Gasteiger partial charge in [0, 0.05) is 5.69 Å². The number of rotatable bonds is 6. The molecule has 128 valence electrons. The first-order chi connectivity index (χ1) is 11.3. The largest absolute Gasteiger partial charge is 0.351 e. The van der Waals surface area contributed by atoms with Crippen LogP contribution in [0.25, 0.3) is 0 Å². The van der Waals surface area contributed by atoms with Crippen LogP contribution in [0.4, 0.5) is 15.6 Å². The van der Waals surface area contributed by atoms with Crippen molar-refractivity contribution in [1.82, 2.24) is 15.5 Å². The third kappa shape index (κ3) is 5.20. The quantitative estimate of drug-likeness (QED) is 0.679. The van der Waals surface area contributed by atoms with E-state index in [4.69, 9.17) is 5.73 Å². The fourth-order valence-corrected chi connectivity index (χ4v) is 3.73. The predicted molar refractivity (Wildman–Crippen MR) is 96.8 cm³/mol. The second-order valence-corrected chi connectivity index (χ2v) is 7.95. The van der Waals surface area contributed by atoms with Crippen LogP contribution in [-0.2, 0) is 4.79 Å². The second-order valence-electron chi connectivity index (χ2n) is 5.39. The number of hydrogen-bond acceptors (Lipinski definition) is 7. The second kappa shape index (κ2) is 8.11. The molecule has 1 aromatic heterocycles. The molecule has 0 radical (unpaired) electrons. The van der Waals surface area contributed by atoms with Gasteiger partial charge in [0.1, 0.15) is 0 Å². The van der Waals surface area contributed by atoms with Gasteiger partial charge in [-0.2, -0.15) is 0 Å². The minimum Gasteiger partial charge on any atom is -0.351 e. The number of anilines is 2. The summed E-state index contributed by atoms with van der Waals surface area (Å²) >= 11 is 2.55. The first-order valence-electron chi connectivity index (χ1n) is 7.32. The van der Waals surface area contributed by atoms with Gasteiger partial charge < -0.3 is 11.1 Å². The van der Waals surface area contributed by atoms with E-state index in [0.29, 0.717) is 15.4 Å². The Morgan fingerprint density at radius 3 is 2.42 bits per heavy atom. The molecule has 0 aliphatic carbocycles. The van der Waals surface area contributed by atoms with Crippen molar-refractivity contribution >= 4 is 45.9 Å². The number of nitrogens with two attached hydrogens (primary N) is 1. The Labute approximate surface area is 148 Å². The molecule has 0 saturated heterocycles. The summed E-state index contributed by atoms with van der Waals surface area (Å²) in [6.07, 6.45) is 0. The molecule has 0 fully saturated rings. The van der Waals surface area contributed by atoms with Gasteiger partial charge in [-0.05, 0) is 30.5 Å². The number of thioether (sulfide) groups is 1. The number of imide groups is 1. The highest BCUT2D eigenvalue weighted by Crippen LogP contribution is 2.30. The van der Waals surface area contributed by atoms with Crippen molar-refractivity contribution in [3.05, 3.63) is 29.8 Å². The van der Waals surface area contributed by atoms with Crippen molar-refractivity contribution in [2.75, 3.05) is 5.32 Å². The van der Waals surface area contributed by atoms with E-state index in [2.05, 4.69) is 41.5 Å². The number of benzene rings is 1. The maximum Gasteiger partial charge on any atom is 0.318 e. The Kier molecular flexibility index (Phi) is 6.16. The van der Waals surface area contributed by atoms with Crippen LogP contribution in [0.2, 0.25) is 0 Å². The van der Waals surface area contributed by atoms with Crippen LogP contribution < -0.4 is 16.4 Å². The number of aromatic nitrogens is 2. The maximum absolute atomic E-state index is 11.7. The van der Waals surface area contributed by atoms with E-state index in [-0.39, 0.29) is 0 Å². The Bertz CT molecular complexity index is 715. The molecule has 0 unspecified atom stereocenters. The van der Waals surface area contributed by atoms with Crippen molar-refractivity contribution in [3.63, 3.8) is 0 Å². The Morgan fingerprint density at radius 2 is 1.83 bits per heavy atom.